The Morgan fingerprint density at radius 2 is 1.76 bits per heavy atom. The maximum atomic E-state index is 12.9. The highest BCUT2D eigenvalue weighted by Crippen LogP contribution is 2.40. The molecule has 0 spiro atoms. The van der Waals surface area contributed by atoms with Crippen LogP contribution in [0.1, 0.15) is 47.5 Å². The fraction of sp³-hybridized carbons (Fsp3) is 0.286. The maximum absolute atomic E-state index is 12.9. The number of hydrogen-bond donors (Lipinski definition) is 1. The number of hydrogen-bond acceptors (Lipinski definition) is 7. The number of amides is 1. The van der Waals surface area contributed by atoms with Crippen molar-refractivity contribution in [1.29, 1.82) is 0 Å². The van der Waals surface area contributed by atoms with Crippen LogP contribution in [-0.2, 0) is 16.1 Å². The first-order chi connectivity index (χ1) is 17.8. The molecule has 0 saturated heterocycles. The summed E-state index contributed by atoms with van der Waals surface area (Å²) >= 11 is 2.68. The minimum atomic E-state index is -0.481. The van der Waals surface area contributed by atoms with Gasteiger partial charge in [0.1, 0.15) is 10.6 Å². The van der Waals surface area contributed by atoms with Gasteiger partial charge >= 0.3 is 5.97 Å². The van der Waals surface area contributed by atoms with Crippen LogP contribution in [-0.4, -0.2) is 39.5 Å². The zero-order valence-electron chi connectivity index (χ0n) is 21.6. The molecule has 7 nitrogen and oxygen atoms in total. The van der Waals surface area contributed by atoms with E-state index < -0.39 is 5.97 Å². The highest BCUT2D eigenvalue weighted by atomic mass is 32.2. The van der Waals surface area contributed by atoms with E-state index in [9.17, 15) is 9.59 Å². The molecule has 2 heterocycles. The number of nitrogens with one attached hydrogen (secondary N) is 1. The second-order valence-electron chi connectivity index (χ2n) is 8.76. The summed E-state index contributed by atoms with van der Waals surface area (Å²) in [5, 5.41) is 12.8. The van der Waals surface area contributed by atoms with Crippen molar-refractivity contribution in [2.75, 3.05) is 18.2 Å². The number of rotatable bonds is 9. The molecular formula is C28H30N4O3S2. The number of aromatic nitrogens is 3. The molecule has 0 saturated carbocycles. The molecule has 192 valence electrons. The van der Waals surface area contributed by atoms with Gasteiger partial charge in [0.15, 0.2) is 11.0 Å². The molecule has 4 aromatic rings. The molecular weight excluding hydrogens is 504 g/mol. The Bertz CT molecular complexity index is 1390. The lowest BCUT2D eigenvalue weighted by Gasteiger charge is -2.10. The van der Waals surface area contributed by atoms with E-state index in [4.69, 9.17) is 4.74 Å². The van der Waals surface area contributed by atoms with E-state index in [0.29, 0.717) is 28.2 Å². The Labute approximate surface area is 225 Å². The highest BCUT2D eigenvalue weighted by molar-refractivity contribution is 7.99. The molecule has 2 aromatic heterocycles. The third-order valence-electron chi connectivity index (χ3n) is 5.99. The van der Waals surface area contributed by atoms with Crippen molar-refractivity contribution < 1.29 is 14.3 Å². The van der Waals surface area contributed by atoms with Gasteiger partial charge in [-0.1, -0.05) is 80.2 Å². The number of anilines is 1. The standard InChI is InChI=1S/C28H30N4O3S2/c1-6-32-25(21-14-12-19(13-15-21)17(2)3)30-31-28(32)36-16-22(33)29-26-24(27(34)35-5)23(18(4)37-26)20-10-8-7-9-11-20/h7-15,17H,6,16H2,1-5H3,(H,29,33). The Morgan fingerprint density at radius 1 is 1.05 bits per heavy atom. The van der Waals surface area contributed by atoms with E-state index in [1.54, 1.807) is 0 Å². The first-order valence-corrected chi connectivity index (χ1v) is 13.9. The van der Waals surface area contributed by atoms with Gasteiger partial charge in [-0.3, -0.25) is 4.79 Å². The SMILES string of the molecule is CCn1c(SCC(=O)Nc2sc(C)c(-c3ccccc3)c2C(=O)OC)nnc1-c1ccc(C(C)C)cc1. The Morgan fingerprint density at radius 3 is 2.38 bits per heavy atom. The van der Waals surface area contributed by atoms with Crippen molar-refractivity contribution in [1.82, 2.24) is 14.8 Å². The average molecular weight is 535 g/mol. The highest BCUT2D eigenvalue weighted by Gasteiger charge is 2.25. The summed E-state index contributed by atoms with van der Waals surface area (Å²) in [5.41, 5.74) is 4.30. The topological polar surface area (TPSA) is 86.1 Å². The molecule has 2 aromatic carbocycles. The van der Waals surface area contributed by atoms with E-state index in [-0.39, 0.29) is 11.7 Å². The number of methoxy groups -OCH3 is 1. The number of carbonyl (C=O) groups is 2. The fourth-order valence-corrected chi connectivity index (χ4v) is 5.97. The number of aryl methyl sites for hydroxylation is 1. The molecule has 0 radical (unpaired) electrons. The summed E-state index contributed by atoms with van der Waals surface area (Å²) in [6, 6.07) is 18.0. The van der Waals surface area contributed by atoms with Gasteiger partial charge in [0.2, 0.25) is 5.91 Å². The molecule has 1 amide bonds. The van der Waals surface area contributed by atoms with Crippen molar-refractivity contribution in [3.8, 4) is 22.5 Å². The van der Waals surface area contributed by atoms with Gasteiger partial charge in [0.05, 0.1) is 12.9 Å². The van der Waals surface area contributed by atoms with Gasteiger partial charge in [-0.05, 0) is 30.9 Å². The number of esters is 1. The predicted octanol–water partition coefficient (Wildman–Crippen LogP) is 6.64. The third-order valence-corrected chi connectivity index (χ3v) is 7.98. The van der Waals surface area contributed by atoms with E-state index in [0.717, 1.165) is 27.4 Å². The molecule has 0 unspecified atom stereocenters. The number of thioether (sulfide) groups is 1. The number of nitrogens with zero attached hydrogens (tertiary/aromatic N) is 3. The van der Waals surface area contributed by atoms with Gasteiger partial charge in [0, 0.05) is 22.5 Å². The zero-order valence-corrected chi connectivity index (χ0v) is 23.2. The second-order valence-corrected chi connectivity index (χ2v) is 10.9. The molecule has 0 aliphatic rings. The normalized spacial score (nSPS) is 11.1. The van der Waals surface area contributed by atoms with Gasteiger partial charge in [-0.15, -0.1) is 21.5 Å². The van der Waals surface area contributed by atoms with Crippen LogP contribution in [0, 0.1) is 6.92 Å². The lowest BCUT2D eigenvalue weighted by atomic mass is 10.0. The largest absolute Gasteiger partial charge is 0.465 e. The van der Waals surface area contributed by atoms with Crippen LogP contribution in [0.4, 0.5) is 5.00 Å². The van der Waals surface area contributed by atoms with Crippen LogP contribution in [0.2, 0.25) is 0 Å². The van der Waals surface area contributed by atoms with Crippen molar-refractivity contribution in [2.24, 2.45) is 0 Å². The Hall–Kier alpha value is -3.43. The zero-order chi connectivity index (χ0) is 26.5. The number of thiophene rings is 1. The number of ether oxygens (including phenoxy) is 1. The summed E-state index contributed by atoms with van der Waals surface area (Å²) in [6.45, 7) is 8.97. The summed E-state index contributed by atoms with van der Waals surface area (Å²) in [7, 11) is 1.34. The van der Waals surface area contributed by atoms with Crippen LogP contribution in [0.25, 0.3) is 22.5 Å². The van der Waals surface area contributed by atoms with Crippen LogP contribution in [0.15, 0.2) is 59.8 Å². The maximum Gasteiger partial charge on any atom is 0.341 e. The summed E-state index contributed by atoms with van der Waals surface area (Å²) < 4.78 is 7.05. The molecule has 0 fully saturated rings. The van der Waals surface area contributed by atoms with E-state index in [1.165, 1.54) is 35.8 Å². The van der Waals surface area contributed by atoms with Crippen molar-refractivity contribution in [2.45, 2.75) is 45.3 Å². The van der Waals surface area contributed by atoms with Crippen LogP contribution in [0.5, 0.6) is 0 Å². The molecule has 37 heavy (non-hydrogen) atoms. The van der Waals surface area contributed by atoms with Gasteiger partial charge in [0.25, 0.3) is 0 Å². The second kappa shape index (κ2) is 11.7. The molecule has 0 atom stereocenters. The van der Waals surface area contributed by atoms with Crippen LogP contribution < -0.4 is 5.32 Å². The molecule has 0 bridgehead atoms. The monoisotopic (exact) mass is 534 g/mol. The minimum Gasteiger partial charge on any atom is -0.465 e. The fourth-order valence-electron chi connectivity index (χ4n) is 4.09. The lowest BCUT2D eigenvalue weighted by Crippen LogP contribution is -2.16. The summed E-state index contributed by atoms with van der Waals surface area (Å²) in [6.07, 6.45) is 0. The van der Waals surface area contributed by atoms with Gasteiger partial charge < -0.3 is 14.6 Å². The Balaban J connectivity index is 1.51. The van der Waals surface area contributed by atoms with Gasteiger partial charge in [-0.2, -0.15) is 0 Å². The van der Waals surface area contributed by atoms with Crippen molar-refractivity contribution in [3.05, 3.63) is 70.6 Å². The Kier molecular flexibility index (Phi) is 8.45. The molecule has 9 heteroatoms. The van der Waals surface area contributed by atoms with Crippen LogP contribution in [0.3, 0.4) is 0 Å². The van der Waals surface area contributed by atoms with Crippen molar-refractivity contribution in [3.63, 3.8) is 0 Å². The van der Waals surface area contributed by atoms with E-state index >= 15 is 0 Å². The van der Waals surface area contributed by atoms with Gasteiger partial charge in [-0.25, -0.2) is 4.79 Å². The van der Waals surface area contributed by atoms with E-state index in [1.807, 2.05) is 48.7 Å². The molecule has 0 aliphatic carbocycles. The number of carbonyl (C=O) groups excluding carboxylic acids is 2. The lowest BCUT2D eigenvalue weighted by molar-refractivity contribution is -0.113. The molecule has 4 rings (SSSR count). The predicted molar refractivity (Wildman–Crippen MR) is 150 cm³/mol. The summed E-state index contributed by atoms with van der Waals surface area (Å²) in [5.74, 6) is 0.644. The third kappa shape index (κ3) is 5.78. The summed E-state index contributed by atoms with van der Waals surface area (Å²) in [4.78, 5) is 26.6. The minimum absolute atomic E-state index is 0.128. The average Bonchev–Trinajstić information content (AvgIpc) is 3.47. The first-order valence-electron chi connectivity index (χ1n) is 12.1. The quantitative estimate of drug-likeness (QED) is 0.191. The van der Waals surface area contributed by atoms with Crippen molar-refractivity contribution >= 4 is 40.0 Å². The molecule has 0 aliphatic heterocycles. The number of benzene rings is 2. The smallest absolute Gasteiger partial charge is 0.341 e. The van der Waals surface area contributed by atoms with Crippen LogP contribution >= 0.6 is 23.1 Å². The van der Waals surface area contributed by atoms with E-state index in [2.05, 4.69) is 53.6 Å². The first kappa shape index (κ1) is 26.6. The molecule has 1 N–H and O–H groups in total.